The van der Waals surface area contributed by atoms with Crippen molar-refractivity contribution in [2.45, 2.75) is 25.8 Å². The van der Waals surface area contributed by atoms with Crippen LogP contribution in [0.3, 0.4) is 0 Å². The van der Waals surface area contributed by atoms with E-state index in [1.54, 1.807) is 30.3 Å². The number of carbonyl (C=O) groups is 1. The van der Waals surface area contributed by atoms with Crippen LogP contribution in [0.4, 0.5) is 5.69 Å². The molecule has 0 spiro atoms. The maximum Gasteiger partial charge on any atom is 0.240 e. The molecule has 4 rings (SSSR count). The fourth-order valence-corrected chi connectivity index (χ4v) is 4.89. The van der Waals surface area contributed by atoms with Gasteiger partial charge < -0.3 is 10.3 Å². The highest BCUT2D eigenvalue weighted by Crippen LogP contribution is 2.30. The molecule has 2 N–H and O–H groups in total. The molecule has 0 aliphatic heterocycles. The fraction of sp³-hybridized carbons (Fsp3) is 0.154. The van der Waals surface area contributed by atoms with E-state index in [9.17, 15) is 13.2 Å². The lowest BCUT2D eigenvalue weighted by atomic mass is 10.1. The molecule has 0 aliphatic carbocycles. The summed E-state index contributed by atoms with van der Waals surface area (Å²) in [5, 5.41) is 3.14. The van der Waals surface area contributed by atoms with E-state index in [0.717, 1.165) is 16.7 Å². The summed E-state index contributed by atoms with van der Waals surface area (Å²) in [6.07, 6.45) is 0. The van der Waals surface area contributed by atoms with E-state index in [-0.39, 0.29) is 10.7 Å². The van der Waals surface area contributed by atoms with Crippen LogP contribution in [0.5, 0.6) is 0 Å². The molecule has 1 aromatic heterocycles. The number of nitrogens with one attached hydrogen (secondary N) is 2. The molecule has 1 heterocycles. The summed E-state index contributed by atoms with van der Waals surface area (Å²) in [5.41, 5.74) is 5.25. The second kappa shape index (κ2) is 9.44. The molecule has 1 amide bonds. The van der Waals surface area contributed by atoms with Crippen molar-refractivity contribution >= 4 is 33.0 Å². The maximum atomic E-state index is 13.4. The molecule has 0 fully saturated rings. The zero-order chi connectivity index (χ0) is 24.5. The number of amides is 1. The van der Waals surface area contributed by atoms with Crippen molar-refractivity contribution in [3.05, 3.63) is 88.4 Å². The Morgan fingerprint density at radius 3 is 2.21 bits per heavy atom. The van der Waals surface area contributed by atoms with E-state index in [4.69, 9.17) is 11.6 Å². The Morgan fingerprint density at radius 1 is 0.912 bits per heavy atom. The molecule has 0 saturated heterocycles. The van der Waals surface area contributed by atoms with Gasteiger partial charge in [-0.1, -0.05) is 47.5 Å². The van der Waals surface area contributed by atoms with Crippen LogP contribution in [0.25, 0.3) is 22.6 Å². The quantitative estimate of drug-likeness (QED) is 0.358. The van der Waals surface area contributed by atoms with Crippen molar-refractivity contribution in [2.24, 2.45) is 0 Å². The third kappa shape index (κ3) is 5.21. The van der Waals surface area contributed by atoms with Crippen molar-refractivity contribution in [3.8, 4) is 22.6 Å². The SMILES string of the molecule is Cc1ccc(-c2nc(-c3ccc(Cl)cc3)[nH]c2S(=O)(=O)CC(=O)Nc2ccc(C)c(C)c2)cc1. The van der Waals surface area contributed by atoms with Gasteiger partial charge in [0.2, 0.25) is 15.7 Å². The molecule has 0 atom stereocenters. The normalized spacial score (nSPS) is 11.4. The lowest BCUT2D eigenvalue weighted by molar-refractivity contribution is -0.113. The van der Waals surface area contributed by atoms with Crippen molar-refractivity contribution < 1.29 is 13.2 Å². The number of aromatic nitrogens is 2. The highest BCUT2D eigenvalue weighted by atomic mass is 35.5. The number of rotatable bonds is 6. The number of aryl methyl sites for hydroxylation is 3. The summed E-state index contributed by atoms with van der Waals surface area (Å²) < 4.78 is 26.7. The molecule has 0 bridgehead atoms. The number of imidazole rings is 1. The first-order chi connectivity index (χ1) is 16.1. The van der Waals surface area contributed by atoms with Crippen molar-refractivity contribution in [2.75, 3.05) is 11.1 Å². The molecule has 3 aromatic carbocycles. The van der Waals surface area contributed by atoms with E-state index >= 15 is 0 Å². The van der Waals surface area contributed by atoms with Gasteiger partial charge in [0.15, 0.2) is 5.03 Å². The predicted molar refractivity (Wildman–Crippen MR) is 136 cm³/mol. The van der Waals surface area contributed by atoms with Gasteiger partial charge in [-0.2, -0.15) is 0 Å². The van der Waals surface area contributed by atoms with E-state index in [1.165, 1.54) is 0 Å². The van der Waals surface area contributed by atoms with Crippen LogP contribution in [-0.4, -0.2) is 30.0 Å². The highest BCUT2D eigenvalue weighted by Gasteiger charge is 2.27. The lowest BCUT2D eigenvalue weighted by Gasteiger charge is -2.09. The lowest BCUT2D eigenvalue weighted by Crippen LogP contribution is -2.23. The number of benzene rings is 3. The number of halogens is 1. The Bertz CT molecular complexity index is 1460. The Hall–Kier alpha value is -3.42. The Kier molecular flexibility index (Phi) is 6.59. The van der Waals surface area contributed by atoms with Crippen LogP contribution in [0.2, 0.25) is 5.02 Å². The van der Waals surface area contributed by atoms with Gasteiger partial charge in [0.05, 0.1) is 0 Å². The molecule has 0 saturated carbocycles. The highest BCUT2D eigenvalue weighted by molar-refractivity contribution is 7.92. The standard InChI is InChI=1S/C26H24ClN3O3S/c1-16-4-7-19(8-5-16)24-26(30-25(29-24)20-9-11-21(27)12-10-20)34(32,33)15-23(31)28-22-13-6-17(2)18(3)14-22/h4-14H,15H2,1-3H3,(H,28,31)(H,29,30). The molecule has 4 aromatic rings. The van der Waals surface area contributed by atoms with Crippen LogP contribution < -0.4 is 5.32 Å². The molecule has 0 aliphatic rings. The van der Waals surface area contributed by atoms with Gasteiger partial charge in [-0.3, -0.25) is 4.79 Å². The predicted octanol–water partition coefficient (Wildman–Crippen LogP) is 5.73. The first-order valence-electron chi connectivity index (χ1n) is 10.7. The van der Waals surface area contributed by atoms with E-state index in [2.05, 4.69) is 15.3 Å². The van der Waals surface area contributed by atoms with E-state index < -0.39 is 21.5 Å². The summed E-state index contributed by atoms with van der Waals surface area (Å²) in [4.78, 5) is 20.2. The summed E-state index contributed by atoms with van der Waals surface area (Å²) in [7, 11) is -4.04. The molecule has 34 heavy (non-hydrogen) atoms. The number of anilines is 1. The molecule has 8 heteroatoms. The summed E-state index contributed by atoms with van der Waals surface area (Å²) >= 11 is 5.99. The molecular formula is C26H24ClN3O3S. The zero-order valence-corrected chi connectivity index (χ0v) is 20.6. The van der Waals surface area contributed by atoms with E-state index in [0.29, 0.717) is 27.7 Å². The largest absolute Gasteiger partial charge is 0.329 e. The van der Waals surface area contributed by atoms with Crippen LogP contribution in [0, 0.1) is 20.8 Å². The van der Waals surface area contributed by atoms with Crippen molar-refractivity contribution in [1.82, 2.24) is 9.97 Å². The van der Waals surface area contributed by atoms with Crippen LogP contribution in [-0.2, 0) is 14.6 Å². The van der Waals surface area contributed by atoms with Crippen molar-refractivity contribution in [1.29, 1.82) is 0 Å². The number of hydrogen-bond donors (Lipinski definition) is 2. The first kappa shape index (κ1) is 23.7. The second-order valence-electron chi connectivity index (χ2n) is 8.24. The van der Waals surface area contributed by atoms with Gasteiger partial charge in [-0.05, 0) is 68.3 Å². The summed E-state index contributed by atoms with van der Waals surface area (Å²) in [6, 6.07) is 19.7. The minimum absolute atomic E-state index is 0.100. The zero-order valence-electron chi connectivity index (χ0n) is 19.0. The number of H-pyrrole nitrogens is 1. The number of hydrogen-bond acceptors (Lipinski definition) is 4. The monoisotopic (exact) mass is 493 g/mol. The van der Waals surface area contributed by atoms with Crippen LogP contribution in [0.1, 0.15) is 16.7 Å². The Balaban J connectivity index is 1.70. The first-order valence-corrected chi connectivity index (χ1v) is 12.7. The van der Waals surface area contributed by atoms with Gasteiger partial charge in [0, 0.05) is 21.8 Å². The van der Waals surface area contributed by atoms with Crippen molar-refractivity contribution in [3.63, 3.8) is 0 Å². The fourth-order valence-electron chi connectivity index (χ4n) is 3.49. The van der Waals surface area contributed by atoms with Gasteiger partial charge in [0.25, 0.3) is 0 Å². The summed E-state index contributed by atoms with van der Waals surface area (Å²) in [5.74, 6) is -0.970. The minimum Gasteiger partial charge on any atom is -0.329 e. The van der Waals surface area contributed by atoms with E-state index in [1.807, 2.05) is 57.2 Å². The number of aromatic amines is 1. The minimum atomic E-state index is -4.04. The van der Waals surface area contributed by atoms with Gasteiger partial charge >= 0.3 is 0 Å². The molecule has 0 radical (unpaired) electrons. The Labute approximate surface area is 203 Å². The van der Waals surface area contributed by atoms with Crippen LogP contribution >= 0.6 is 11.6 Å². The third-order valence-corrected chi connectivity index (χ3v) is 7.35. The maximum absolute atomic E-state index is 13.4. The smallest absolute Gasteiger partial charge is 0.240 e. The van der Waals surface area contributed by atoms with Gasteiger partial charge in [-0.15, -0.1) is 0 Å². The number of sulfone groups is 1. The topological polar surface area (TPSA) is 91.9 Å². The van der Waals surface area contributed by atoms with Crippen LogP contribution in [0.15, 0.2) is 71.8 Å². The number of carbonyl (C=O) groups excluding carboxylic acids is 1. The number of nitrogens with zero attached hydrogens (tertiary/aromatic N) is 1. The molecule has 174 valence electrons. The molecular weight excluding hydrogens is 470 g/mol. The molecule has 6 nitrogen and oxygen atoms in total. The van der Waals surface area contributed by atoms with Gasteiger partial charge in [0.1, 0.15) is 17.3 Å². The summed E-state index contributed by atoms with van der Waals surface area (Å²) in [6.45, 7) is 5.84. The third-order valence-electron chi connectivity index (χ3n) is 5.54. The average Bonchev–Trinajstić information content (AvgIpc) is 3.23. The molecule has 0 unspecified atom stereocenters. The Morgan fingerprint density at radius 2 is 1.56 bits per heavy atom. The average molecular weight is 494 g/mol. The van der Waals surface area contributed by atoms with Gasteiger partial charge in [-0.25, -0.2) is 13.4 Å². The second-order valence-corrected chi connectivity index (χ2v) is 10.6.